The van der Waals surface area contributed by atoms with Crippen molar-refractivity contribution in [2.75, 3.05) is 0 Å². The van der Waals surface area contributed by atoms with E-state index in [1.165, 1.54) is 6.42 Å². The highest BCUT2D eigenvalue weighted by molar-refractivity contribution is 9.10. The first kappa shape index (κ1) is 13.5. The summed E-state index contributed by atoms with van der Waals surface area (Å²) in [6.07, 6.45) is 3.96. The summed E-state index contributed by atoms with van der Waals surface area (Å²) in [7, 11) is 0. The fraction of sp³-hybridized carbons (Fsp3) is 0.571. The third kappa shape index (κ3) is 3.55. The maximum Gasteiger partial charge on any atom is 0.177 e. The number of nitrogens with zero attached hydrogens (tertiary/aromatic N) is 2. The molecule has 2 rings (SSSR count). The lowest BCUT2D eigenvalue weighted by Gasteiger charge is -2.22. The summed E-state index contributed by atoms with van der Waals surface area (Å²) in [6.45, 7) is 9.12. The average molecular weight is 310 g/mol. The molecule has 0 fully saturated rings. The molecular weight excluding hydrogens is 290 g/mol. The monoisotopic (exact) mass is 309 g/mol. The Morgan fingerprint density at radius 2 is 2.11 bits per heavy atom. The number of hydrogen-bond acceptors (Lipinski definition) is 2. The minimum atomic E-state index is 0.368. The first-order valence-electron chi connectivity index (χ1n) is 6.33. The molecule has 0 aliphatic heterocycles. The summed E-state index contributed by atoms with van der Waals surface area (Å²) in [5.74, 6) is 1.65. The van der Waals surface area contributed by atoms with E-state index in [-0.39, 0.29) is 0 Å². The summed E-state index contributed by atoms with van der Waals surface area (Å²) in [5.41, 5.74) is 2.17. The lowest BCUT2D eigenvalue weighted by atomic mass is 9.84. The average Bonchev–Trinajstić information content (AvgIpc) is 2.55. The van der Waals surface area contributed by atoms with Crippen LogP contribution in [0.1, 0.15) is 39.9 Å². The topological polar surface area (TPSA) is 41.6 Å². The van der Waals surface area contributed by atoms with E-state index in [9.17, 15) is 0 Å². The molecule has 3 nitrogen and oxygen atoms in total. The number of H-pyrrole nitrogens is 1. The number of rotatable bonds is 3. The standard InChI is InChI=1S/C14H20BrN3/c1-9(7-14(2,3)4)5-12-17-11-6-10(15)8-16-13(11)18-12/h6,8-9H,5,7H2,1-4H3,(H,16,17,18). The molecule has 1 unspecified atom stereocenters. The number of hydrogen-bond donors (Lipinski definition) is 1. The van der Waals surface area contributed by atoms with Crippen LogP contribution in [0, 0.1) is 11.3 Å². The maximum absolute atomic E-state index is 4.54. The van der Waals surface area contributed by atoms with Crippen molar-refractivity contribution in [1.82, 2.24) is 15.0 Å². The van der Waals surface area contributed by atoms with E-state index < -0.39 is 0 Å². The third-order valence-corrected chi connectivity index (χ3v) is 3.29. The molecule has 0 bridgehead atoms. The quantitative estimate of drug-likeness (QED) is 0.916. The van der Waals surface area contributed by atoms with Crippen molar-refractivity contribution in [2.24, 2.45) is 11.3 Å². The first-order valence-corrected chi connectivity index (χ1v) is 7.13. The fourth-order valence-electron chi connectivity index (χ4n) is 2.47. The molecular formula is C14H20BrN3. The minimum absolute atomic E-state index is 0.368. The van der Waals surface area contributed by atoms with Crippen LogP contribution >= 0.6 is 15.9 Å². The lowest BCUT2D eigenvalue weighted by molar-refractivity contribution is 0.304. The van der Waals surface area contributed by atoms with Gasteiger partial charge in [0.15, 0.2) is 5.65 Å². The van der Waals surface area contributed by atoms with E-state index in [0.717, 1.165) is 27.9 Å². The maximum atomic E-state index is 4.54. The van der Waals surface area contributed by atoms with E-state index in [4.69, 9.17) is 0 Å². The second-order valence-corrected chi connectivity index (χ2v) is 7.20. The molecule has 0 amide bonds. The summed E-state index contributed by atoms with van der Waals surface area (Å²) in [6, 6.07) is 2.02. The Morgan fingerprint density at radius 3 is 2.78 bits per heavy atom. The van der Waals surface area contributed by atoms with Crippen LogP contribution < -0.4 is 0 Å². The van der Waals surface area contributed by atoms with Crippen molar-refractivity contribution >= 4 is 27.1 Å². The van der Waals surface area contributed by atoms with Gasteiger partial charge in [-0.15, -0.1) is 0 Å². The van der Waals surface area contributed by atoms with Crippen molar-refractivity contribution in [1.29, 1.82) is 0 Å². The smallest absolute Gasteiger partial charge is 0.177 e. The normalized spacial score (nSPS) is 14.1. The van der Waals surface area contributed by atoms with Crippen LogP contribution in [0.3, 0.4) is 0 Å². The second-order valence-electron chi connectivity index (χ2n) is 6.28. The molecule has 4 heteroatoms. The molecule has 1 atom stereocenters. The van der Waals surface area contributed by atoms with Crippen molar-refractivity contribution in [3.63, 3.8) is 0 Å². The number of imidazole rings is 1. The van der Waals surface area contributed by atoms with Gasteiger partial charge in [0.25, 0.3) is 0 Å². The number of pyridine rings is 1. The highest BCUT2D eigenvalue weighted by Gasteiger charge is 2.17. The Balaban J connectivity index is 2.12. The van der Waals surface area contributed by atoms with E-state index in [2.05, 4.69) is 58.6 Å². The Morgan fingerprint density at radius 1 is 1.39 bits per heavy atom. The highest BCUT2D eigenvalue weighted by Crippen LogP contribution is 2.26. The predicted octanol–water partition coefficient (Wildman–Crippen LogP) is 4.34. The highest BCUT2D eigenvalue weighted by atomic mass is 79.9. The van der Waals surface area contributed by atoms with Crippen molar-refractivity contribution < 1.29 is 0 Å². The number of aromatic nitrogens is 3. The minimum Gasteiger partial charge on any atom is -0.341 e. The van der Waals surface area contributed by atoms with Crippen LogP contribution in [0.25, 0.3) is 11.2 Å². The molecule has 0 radical (unpaired) electrons. The van der Waals surface area contributed by atoms with Gasteiger partial charge >= 0.3 is 0 Å². The van der Waals surface area contributed by atoms with Gasteiger partial charge in [0.05, 0.1) is 5.52 Å². The molecule has 0 aromatic carbocycles. The summed E-state index contributed by atoms with van der Waals surface area (Å²) in [4.78, 5) is 12.2. The largest absolute Gasteiger partial charge is 0.341 e. The number of aromatic amines is 1. The van der Waals surface area contributed by atoms with Gasteiger partial charge in [0, 0.05) is 17.1 Å². The van der Waals surface area contributed by atoms with Crippen LogP contribution in [-0.2, 0) is 6.42 Å². The molecule has 0 saturated heterocycles. The van der Waals surface area contributed by atoms with Gasteiger partial charge in [-0.05, 0) is 39.8 Å². The van der Waals surface area contributed by atoms with Gasteiger partial charge in [-0.1, -0.05) is 27.7 Å². The molecule has 2 heterocycles. The molecule has 0 aliphatic rings. The first-order chi connectivity index (χ1) is 8.33. The summed E-state index contributed by atoms with van der Waals surface area (Å²) in [5, 5.41) is 0. The van der Waals surface area contributed by atoms with Gasteiger partial charge < -0.3 is 4.98 Å². The fourth-order valence-corrected chi connectivity index (χ4v) is 2.80. The number of fused-ring (bicyclic) bond motifs is 1. The van der Waals surface area contributed by atoms with E-state index in [0.29, 0.717) is 11.3 Å². The summed E-state index contributed by atoms with van der Waals surface area (Å²) >= 11 is 3.42. The second kappa shape index (κ2) is 5.00. The zero-order valence-electron chi connectivity index (χ0n) is 11.4. The van der Waals surface area contributed by atoms with Crippen LogP contribution in [-0.4, -0.2) is 15.0 Å². The Kier molecular flexibility index (Phi) is 3.76. The van der Waals surface area contributed by atoms with Gasteiger partial charge in [-0.3, -0.25) is 0 Å². The van der Waals surface area contributed by atoms with Crippen molar-refractivity contribution in [3.05, 3.63) is 22.6 Å². The lowest BCUT2D eigenvalue weighted by Crippen LogP contribution is -2.13. The molecule has 98 valence electrons. The van der Waals surface area contributed by atoms with Gasteiger partial charge in [0.2, 0.25) is 0 Å². The van der Waals surface area contributed by atoms with Crippen molar-refractivity contribution in [3.8, 4) is 0 Å². The number of halogens is 1. The molecule has 0 spiro atoms. The molecule has 2 aromatic rings. The third-order valence-electron chi connectivity index (χ3n) is 2.86. The summed E-state index contributed by atoms with van der Waals surface area (Å²) < 4.78 is 0.980. The molecule has 1 N–H and O–H groups in total. The molecule has 2 aromatic heterocycles. The van der Waals surface area contributed by atoms with Crippen LogP contribution in [0.5, 0.6) is 0 Å². The molecule has 0 aliphatic carbocycles. The number of nitrogens with one attached hydrogen (secondary N) is 1. The molecule has 0 saturated carbocycles. The predicted molar refractivity (Wildman–Crippen MR) is 78.5 cm³/mol. The van der Waals surface area contributed by atoms with Crippen LogP contribution in [0.15, 0.2) is 16.7 Å². The van der Waals surface area contributed by atoms with E-state index in [1.54, 1.807) is 6.20 Å². The Labute approximate surface area is 117 Å². The van der Waals surface area contributed by atoms with Crippen LogP contribution in [0.2, 0.25) is 0 Å². The van der Waals surface area contributed by atoms with Gasteiger partial charge in [-0.25, -0.2) is 9.97 Å². The van der Waals surface area contributed by atoms with Crippen molar-refractivity contribution in [2.45, 2.75) is 40.5 Å². The zero-order valence-corrected chi connectivity index (χ0v) is 13.0. The van der Waals surface area contributed by atoms with E-state index >= 15 is 0 Å². The van der Waals surface area contributed by atoms with E-state index in [1.807, 2.05) is 6.07 Å². The van der Waals surface area contributed by atoms with Gasteiger partial charge in [0.1, 0.15) is 5.82 Å². The Bertz CT molecular complexity index is 539. The van der Waals surface area contributed by atoms with Gasteiger partial charge in [-0.2, -0.15) is 0 Å². The van der Waals surface area contributed by atoms with Crippen LogP contribution in [0.4, 0.5) is 0 Å². The SMILES string of the molecule is CC(Cc1nc2ncc(Br)cc2[nH]1)CC(C)(C)C. The Hall–Kier alpha value is -0.900. The zero-order chi connectivity index (χ0) is 13.3. The molecule has 18 heavy (non-hydrogen) atoms.